The Bertz CT molecular complexity index is 232. The van der Waals surface area contributed by atoms with E-state index in [4.69, 9.17) is 0 Å². The maximum atomic E-state index is 4.68. The second-order valence-corrected chi connectivity index (χ2v) is 4.73. The average molecular weight is 181 g/mol. The van der Waals surface area contributed by atoms with Crippen LogP contribution < -0.4 is 0 Å². The number of thioether (sulfide) groups is 1. The highest BCUT2D eigenvalue weighted by Crippen LogP contribution is 2.44. The van der Waals surface area contributed by atoms with Gasteiger partial charge in [-0.15, -0.1) is 11.8 Å². The third kappa shape index (κ3) is 1.58. The first-order chi connectivity index (χ1) is 5.81. The van der Waals surface area contributed by atoms with E-state index in [9.17, 15) is 0 Å². The molecule has 1 fully saturated rings. The molecule has 1 saturated carbocycles. The summed E-state index contributed by atoms with van der Waals surface area (Å²) < 4.78 is 0. The summed E-state index contributed by atoms with van der Waals surface area (Å²) in [7, 11) is 0. The predicted octanol–water partition coefficient (Wildman–Crippen LogP) is 2.73. The Labute approximate surface area is 78.3 Å². The van der Waals surface area contributed by atoms with Crippen LogP contribution in [0.15, 0.2) is 17.1 Å². The third-order valence-electron chi connectivity index (χ3n) is 2.54. The molecule has 1 heterocycles. The molecule has 0 spiro atoms. The molecule has 1 aliphatic carbocycles. The Kier molecular flexibility index (Phi) is 2.26. The maximum Gasteiger partial charge on any atom is 0.0783 e. The minimum absolute atomic E-state index is 0.475. The van der Waals surface area contributed by atoms with Crippen LogP contribution in [0.4, 0.5) is 0 Å². The number of hydrogen-bond donors (Lipinski definition) is 0. The molecule has 66 valence electrons. The smallest absolute Gasteiger partial charge is 0.0783 e. The molecule has 12 heavy (non-hydrogen) atoms. The van der Waals surface area contributed by atoms with Gasteiger partial charge >= 0.3 is 0 Å². The lowest BCUT2D eigenvalue weighted by molar-refractivity contribution is 0.910. The van der Waals surface area contributed by atoms with Gasteiger partial charge in [-0.3, -0.25) is 4.99 Å². The van der Waals surface area contributed by atoms with E-state index in [1.807, 2.05) is 11.8 Å². The zero-order chi connectivity index (χ0) is 8.55. The lowest BCUT2D eigenvalue weighted by Gasteiger charge is -1.93. The van der Waals surface area contributed by atoms with Gasteiger partial charge in [0.05, 0.1) is 11.1 Å². The van der Waals surface area contributed by atoms with E-state index >= 15 is 0 Å². The number of hydrogen-bond acceptors (Lipinski definition) is 2. The van der Waals surface area contributed by atoms with Gasteiger partial charge in [-0.1, -0.05) is 19.1 Å². The fourth-order valence-corrected chi connectivity index (χ4v) is 2.88. The molecule has 0 radical (unpaired) electrons. The predicted molar refractivity (Wildman–Crippen MR) is 55.8 cm³/mol. The van der Waals surface area contributed by atoms with Crippen molar-refractivity contribution in [1.82, 2.24) is 0 Å². The molecular weight excluding hydrogens is 166 g/mol. The Morgan fingerprint density at radius 3 is 2.92 bits per heavy atom. The van der Waals surface area contributed by atoms with Gasteiger partial charge < -0.3 is 0 Å². The normalized spacial score (nSPS) is 40.5. The highest BCUT2D eigenvalue weighted by atomic mass is 32.2. The Hall–Kier alpha value is -0.240. The molecule has 0 N–H and O–H groups in total. The Morgan fingerprint density at radius 1 is 1.58 bits per heavy atom. The summed E-state index contributed by atoms with van der Waals surface area (Å²) in [4.78, 5) is 4.68. The molecule has 0 aromatic rings. The van der Waals surface area contributed by atoms with Crippen LogP contribution in [0.3, 0.4) is 0 Å². The van der Waals surface area contributed by atoms with Crippen molar-refractivity contribution >= 4 is 16.8 Å². The fraction of sp³-hybridized carbons (Fsp3) is 0.700. The molecule has 0 unspecified atom stereocenters. The standard InChI is InChI=1S/C10H15NS/c1-3-4-8-6-12-10(11-8)9-5-7(9)2/h3-4,7-9H,5-6H2,1-2H3/b4-3+/t7-,8-,9+/m0/s1. The largest absolute Gasteiger partial charge is 0.274 e. The fourth-order valence-electron chi connectivity index (χ4n) is 1.60. The summed E-state index contributed by atoms with van der Waals surface area (Å²) >= 11 is 1.96. The topological polar surface area (TPSA) is 12.4 Å². The molecule has 1 aliphatic heterocycles. The van der Waals surface area contributed by atoms with E-state index in [1.165, 1.54) is 17.2 Å². The highest BCUT2D eigenvalue weighted by molar-refractivity contribution is 8.14. The first kappa shape index (κ1) is 8.36. The molecule has 1 nitrogen and oxygen atoms in total. The van der Waals surface area contributed by atoms with E-state index in [2.05, 4.69) is 31.0 Å². The summed E-state index contributed by atoms with van der Waals surface area (Å²) in [5.41, 5.74) is 0. The van der Waals surface area contributed by atoms with Crippen LogP contribution in [0.1, 0.15) is 20.3 Å². The highest BCUT2D eigenvalue weighted by Gasteiger charge is 2.39. The molecule has 2 aliphatic rings. The van der Waals surface area contributed by atoms with Crippen LogP contribution in [0.25, 0.3) is 0 Å². The zero-order valence-corrected chi connectivity index (χ0v) is 8.47. The van der Waals surface area contributed by atoms with E-state index in [-0.39, 0.29) is 0 Å². The van der Waals surface area contributed by atoms with Crippen molar-refractivity contribution in [2.75, 3.05) is 5.75 Å². The van der Waals surface area contributed by atoms with Gasteiger partial charge in [0.1, 0.15) is 0 Å². The van der Waals surface area contributed by atoms with Crippen LogP contribution >= 0.6 is 11.8 Å². The van der Waals surface area contributed by atoms with Crippen molar-refractivity contribution in [3.05, 3.63) is 12.2 Å². The van der Waals surface area contributed by atoms with Crippen LogP contribution in [0, 0.1) is 11.8 Å². The molecule has 0 aromatic heterocycles. The first-order valence-electron chi connectivity index (χ1n) is 4.64. The molecule has 0 amide bonds. The van der Waals surface area contributed by atoms with Crippen molar-refractivity contribution in [2.45, 2.75) is 26.3 Å². The van der Waals surface area contributed by atoms with Gasteiger partial charge in [-0.2, -0.15) is 0 Å². The van der Waals surface area contributed by atoms with Crippen molar-refractivity contribution in [3.63, 3.8) is 0 Å². The summed E-state index contributed by atoms with van der Waals surface area (Å²) in [6, 6.07) is 0.475. The van der Waals surface area contributed by atoms with E-state index in [0.29, 0.717) is 6.04 Å². The monoisotopic (exact) mass is 181 g/mol. The second kappa shape index (κ2) is 3.25. The van der Waals surface area contributed by atoms with Gasteiger partial charge in [-0.25, -0.2) is 0 Å². The lowest BCUT2D eigenvalue weighted by atomic mass is 10.3. The lowest BCUT2D eigenvalue weighted by Crippen LogP contribution is -1.96. The molecular formula is C10H15NS. The summed E-state index contributed by atoms with van der Waals surface area (Å²) in [5, 5.41) is 1.42. The van der Waals surface area contributed by atoms with Crippen molar-refractivity contribution in [1.29, 1.82) is 0 Å². The van der Waals surface area contributed by atoms with E-state index in [1.54, 1.807) is 0 Å². The molecule has 0 aromatic carbocycles. The number of rotatable bonds is 2. The van der Waals surface area contributed by atoms with E-state index in [0.717, 1.165) is 11.8 Å². The van der Waals surface area contributed by atoms with Crippen LogP contribution in [-0.2, 0) is 0 Å². The number of aliphatic imine (C=N–C) groups is 1. The van der Waals surface area contributed by atoms with Crippen LogP contribution in [-0.4, -0.2) is 16.8 Å². The minimum Gasteiger partial charge on any atom is -0.274 e. The Morgan fingerprint density at radius 2 is 2.33 bits per heavy atom. The second-order valence-electron chi connectivity index (χ2n) is 3.69. The van der Waals surface area contributed by atoms with Gasteiger partial charge in [0, 0.05) is 11.7 Å². The summed E-state index contributed by atoms with van der Waals surface area (Å²) in [5.74, 6) is 2.90. The third-order valence-corrected chi connectivity index (χ3v) is 3.75. The quantitative estimate of drug-likeness (QED) is 0.597. The van der Waals surface area contributed by atoms with Crippen molar-refractivity contribution < 1.29 is 0 Å². The first-order valence-corrected chi connectivity index (χ1v) is 5.63. The molecule has 0 saturated heterocycles. The summed E-state index contributed by atoms with van der Waals surface area (Å²) in [6.45, 7) is 4.38. The average Bonchev–Trinajstić information content (AvgIpc) is 2.62. The van der Waals surface area contributed by atoms with E-state index < -0.39 is 0 Å². The van der Waals surface area contributed by atoms with Crippen LogP contribution in [0.5, 0.6) is 0 Å². The van der Waals surface area contributed by atoms with Gasteiger partial charge in [0.2, 0.25) is 0 Å². The van der Waals surface area contributed by atoms with Gasteiger partial charge in [-0.05, 0) is 19.3 Å². The van der Waals surface area contributed by atoms with Crippen molar-refractivity contribution in [3.8, 4) is 0 Å². The number of nitrogens with zero attached hydrogens (tertiary/aromatic N) is 1. The maximum absolute atomic E-state index is 4.68. The Balaban J connectivity index is 1.96. The van der Waals surface area contributed by atoms with Gasteiger partial charge in [0.25, 0.3) is 0 Å². The number of allylic oxidation sites excluding steroid dienone is 1. The zero-order valence-electron chi connectivity index (χ0n) is 7.66. The minimum atomic E-state index is 0.475. The molecule has 2 rings (SSSR count). The van der Waals surface area contributed by atoms with Gasteiger partial charge in [0.15, 0.2) is 0 Å². The molecule has 0 bridgehead atoms. The molecule has 3 atom stereocenters. The summed E-state index contributed by atoms with van der Waals surface area (Å²) in [6.07, 6.45) is 5.68. The SMILES string of the molecule is C/C=C/[C@H]1CSC([C@@H]2C[C@@H]2C)=N1. The molecule has 2 heteroatoms. The van der Waals surface area contributed by atoms with Crippen molar-refractivity contribution in [2.24, 2.45) is 16.8 Å². The van der Waals surface area contributed by atoms with Crippen LogP contribution in [0.2, 0.25) is 0 Å².